The number of aromatic nitrogens is 2. The molecule has 1 aliphatic heterocycles. The van der Waals surface area contributed by atoms with E-state index in [9.17, 15) is 8.42 Å². The van der Waals surface area contributed by atoms with Gasteiger partial charge in [-0.05, 0) is 25.0 Å². The highest BCUT2D eigenvalue weighted by molar-refractivity contribution is 7.89. The van der Waals surface area contributed by atoms with Crippen molar-refractivity contribution < 1.29 is 13.2 Å². The van der Waals surface area contributed by atoms with Crippen molar-refractivity contribution in [2.75, 3.05) is 13.1 Å². The van der Waals surface area contributed by atoms with Crippen LogP contribution in [-0.2, 0) is 10.0 Å². The lowest BCUT2D eigenvalue weighted by Crippen LogP contribution is -2.41. The van der Waals surface area contributed by atoms with Crippen LogP contribution in [-0.4, -0.2) is 41.9 Å². The second-order valence-electron chi connectivity index (χ2n) is 5.08. The lowest BCUT2D eigenvalue weighted by Gasteiger charge is -2.31. The maximum Gasteiger partial charge on any atom is 0.243 e. The maximum absolute atomic E-state index is 12.5. The van der Waals surface area contributed by atoms with Gasteiger partial charge in [0.15, 0.2) is 0 Å². The van der Waals surface area contributed by atoms with Crippen molar-refractivity contribution in [1.82, 2.24) is 14.3 Å². The molecule has 7 heteroatoms. The Bertz CT molecular complexity index is 699. The molecular weight excluding hydrogens is 302 g/mol. The molecule has 1 aliphatic rings. The number of benzene rings is 1. The SMILES string of the molecule is O=S(=O)(c1ccccc1)N1CCC(Oc2ccncn2)CC1. The summed E-state index contributed by atoms with van der Waals surface area (Å²) in [6, 6.07) is 10.2. The molecule has 0 spiro atoms. The fourth-order valence-corrected chi connectivity index (χ4v) is 3.94. The van der Waals surface area contributed by atoms with Crippen LogP contribution in [0.2, 0.25) is 0 Å². The standard InChI is InChI=1S/C15H17N3O3S/c19-22(20,14-4-2-1-3-5-14)18-10-7-13(8-11-18)21-15-6-9-16-12-17-15/h1-6,9,12-13H,7-8,10-11H2. The zero-order valence-electron chi connectivity index (χ0n) is 12.0. The van der Waals surface area contributed by atoms with E-state index in [4.69, 9.17) is 4.74 Å². The monoisotopic (exact) mass is 319 g/mol. The minimum absolute atomic E-state index is 0.0166. The third-order valence-corrected chi connectivity index (χ3v) is 5.54. The Balaban J connectivity index is 1.62. The molecular formula is C15H17N3O3S. The largest absolute Gasteiger partial charge is 0.474 e. The summed E-state index contributed by atoms with van der Waals surface area (Å²) in [5.74, 6) is 0.527. The predicted molar refractivity (Wildman–Crippen MR) is 80.9 cm³/mol. The molecule has 0 bridgehead atoms. The number of hydrogen-bond donors (Lipinski definition) is 0. The smallest absolute Gasteiger partial charge is 0.243 e. The van der Waals surface area contributed by atoms with Gasteiger partial charge < -0.3 is 4.74 Å². The van der Waals surface area contributed by atoms with Crippen molar-refractivity contribution in [3.8, 4) is 5.88 Å². The summed E-state index contributed by atoms with van der Waals surface area (Å²) >= 11 is 0. The van der Waals surface area contributed by atoms with Crippen molar-refractivity contribution in [2.24, 2.45) is 0 Å². The van der Waals surface area contributed by atoms with Gasteiger partial charge in [-0.25, -0.2) is 18.4 Å². The third kappa shape index (κ3) is 3.26. The van der Waals surface area contributed by atoms with E-state index in [1.807, 2.05) is 0 Å². The van der Waals surface area contributed by atoms with Gasteiger partial charge in [-0.15, -0.1) is 0 Å². The van der Waals surface area contributed by atoms with Crippen LogP contribution in [0.5, 0.6) is 5.88 Å². The maximum atomic E-state index is 12.5. The van der Waals surface area contributed by atoms with Crippen LogP contribution in [0.1, 0.15) is 12.8 Å². The van der Waals surface area contributed by atoms with E-state index < -0.39 is 10.0 Å². The second-order valence-corrected chi connectivity index (χ2v) is 7.02. The van der Waals surface area contributed by atoms with Crippen LogP contribution in [0.25, 0.3) is 0 Å². The Hall–Kier alpha value is -1.99. The number of ether oxygens (including phenoxy) is 1. The Morgan fingerprint density at radius 1 is 1.09 bits per heavy atom. The zero-order chi connectivity index (χ0) is 15.4. The topological polar surface area (TPSA) is 72.4 Å². The molecule has 6 nitrogen and oxygen atoms in total. The van der Waals surface area contributed by atoms with E-state index in [2.05, 4.69) is 9.97 Å². The lowest BCUT2D eigenvalue weighted by molar-refractivity contribution is 0.129. The third-order valence-electron chi connectivity index (χ3n) is 3.62. The first-order valence-electron chi connectivity index (χ1n) is 7.14. The molecule has 0 aliphatic carbocycles. The predicted octanol–water partition coefficient (Wildman–Crippen LogP) is 1.71. The summed E-state index contributed by atoms with van der Waals surface area (Å²) in [6.45, 7) is 0.903. The first-order valence-corrected chi connectivity index (χ1v) is 8.58. The van der Waals surface area contributed by atoms with E-state index in [0.29, 0.717) is 36.7 Å². The second kappa shape index (κ2) is 6.41. The highest BCUT2D eigenvalue weighted by Gasteiger charge is 2.30. The minimum Gasteiger partial charge on any atom is -0.474 e. The summed E-state index contributed by atoms with van der Waals surface area (Å²) in [5, 5.41) is 0. The molecule has 2 heterocycles. The number of sulfonamides is 1. The summed E-state index contributed by atoms with van der Waals surface area (Å²) in [7, 11) is -3.41. The van der Waals surface area contributed by atoms with Gasteiger partial charge in [0, 0.05) is 25.4 Å². The van der Waals surface area contributed by atoms with Gasteiger partial charge in [0.05, 0.1) is 4.90 Å². The molecule has 1 aromatic heterocycles. The Morgan fingerprint density at radius 2 is 1.82 bits per heavy atom. The lowest BCUT2D eigenvalue weighted by atomic mass is 10.1. The van der Waals surface area contributed by atoms with Gasteiger partial charge in [-0.1, -0.05) is 18.2 Å². The van der Waals surface area contributed by atoms with E-state index in [1.54, 1.807) is 42.6 Å². The average Bonchev–Trinajstić information content (AvgIpc) is 2.57. The zero-order valence-corrected chi connectivity index (χ0v) is 12.8. The molecule has 1 fully saturated rings. The quantitative estimate of drug-likeness (QED) is 0.858. The van der Waals surface area contributed by atoms with E-state index >= 15 is 0 Å². The molecule has 0 radical (unpaired) electrons. The van der Waals surface area contributed by atoms with Crippen molar-refractivity contribution in [3.63, 3.8) is 0 Å². The highest BCUT2D eigenvalue weighted by atomic mass is 32.2. The molecule has 0 saturated carbocycles. The molecule has 0 amide bonds. The molecule has 1 aromatic carbocycles. The summed E-state index contributed by atoms with van der Waals surface area (Å²) in [5.41, 5.74) is 0. The van der Waals surface area contributed by atoms with Crippen LogP contribution in [0.4, 0.5) is 0 Å². The molecule has 0 unspecified atom stereocenters. The van der Waals surface area contributed by atoms with Gasteiger partial charge in [0.1, 0.15) is 12.4 Å². The molecule has 22 heavy (non-hydrogen) atoms. The Morgan fingerprint density at radius 3 is 2.45 bits per heavy atom. The van der Waals surface area contributed by atoms with Crippen molar-refractivity contribution in [2.45, 2.75) is 23.8 Å². The van der Waals surface area contributed by atoms with Crippen LogP contribution < -0.4 is 4.74 Å². The van der Waals surface area contributed by atoms with Gasteiger partial charge in [-0.2, -0.15) is 4.31 Å². The van der Waals surface area contributed by atoms with Crippen molar-refractivity contribution in [1.29, 1.82) is 0 Å². The van der Waals surface area contributed by atoms with Crippen LogP contribution in [0.3, 0.4) is 0 Å². The molecule has 0 N–H and O–H groups in total. The number of piperidine rings is 1. The fraction of sp³-hybridized carbons (Fsp3) is 0.333. The first-order chi connectivity index (χ1) is 10.7. The van der Waals surface area contributed by atoms with Gasteiger partial charge in [0.2, 0.25) is 15.9 Å². The number of nitrogens with zero attached hydrogens (tertiary/aromatic N) is 3. The van der Waals surface area contributed by atoms with Crippen LogP contribution in [0.15, 0.2) is 53.8 Å². The Labute approximate surface area is 129 Å². The average molecular weight is 319 g/mol. The van der Waals surface area contributed by atoms with Gasteiger partial charge in [0.25, 0.3) is 0 Å². The molecule has 1 saturated heterocycles. The first kappa shape index (κ1) is 14.9. The normalized spacial score (nSPS) is 17.3. The van der Waals surface area contributed by atoms with E-state index in [0.717, 1.165) is 0 Å². The molecule has 3 rings (SSSR count). The highest BCUT2D eigenvalue weighted by Crippen LogP contribution is 2.22. The number of rotatable bonds is 4. The minimum atomic E-state index is -3.41. The van der Waals surface area contributed by atoms with E-state index in [1.165, 1.54) is 10.6 Å². The molecule has 0 atom stereocenters. The van der Waals surface area contributed by atoms with Gasteiger partial charge >= 0.3 is 0 Å². The van der Waals surface area contributed by atoms with E-state index in [-0.39, 0.29) is 6.10 Å². The summed E-state index contributed by atoms with van der Waals surface area (Å²) in [6.07, 6.45) is 4.34. The fourth-order valence-electron chi connectivity index (χ4n) is 2.45. The van der Waals surface area contributed by atoms with Gasteiger partial charge in [-0.3, -0.25) is 0 Å². The number of hydrogen-bond acceptors (Lipinski definition) is 5. The van der Waals surface area contributed by atoms with Crippen LogP contribution >= 0.6 is 0 Å². The van der Waals surface area contributed by atoms with Crippen molar-refractivity contribution in [3.05, 3.63) is 48.9 Å². The molecule has 116 valence electrons. The van der Waals surface area contributed by atoms with Crippen LogP contribution in [0, 0.1) is 0 Å². The summed E-state index contributed by atoms with van der Waals surface area (Å²) in [4.78, 5) is 8.20. The Kier molecular flexibility index (Phi) is 4.35. The summed E-state index contributed by atoms with van der Waals surface area (Å²) < 4.78 is 32.3. The molecule has 2 aromatic rings. The van der Waals surface area contributed by atoms with Crippen molar-refractivity contribution >= 4 is 10.0 Å².